The van der Waals surface area contributed by atoms with Gasteiger partial charge in [-0.15, -0.1) is 0 Å². The van der Waals surface area contributed by atoms with Crippen molar-refractivity contribution >= 4 is 54.1 Å². The zero-order valence-electron chi connectivity index (χ0n) is 45.5. The van der Waals surface area contributed by atoms with Crippen LogP contribution in [-0.4, -0.2) is 31.3 Å². The Labute approximate surface area is 410 Å². The number of nitrogens with one attached hydrogen (secondary N) is 1. The molecular formula is C61H88AlN4+. The van der Waals surface area contributed by atoms with Crippen molar-refractivity contribution in [1.29, 1.82) is 0 Å². The molecule has 0 saturated heterocycles. The van der Waals surface area contributed by atoms with Crippen LogP contribution in [0.15, 0.2) is 98.3 Å². The van der Waals surface area contributed by atoms with Crippen molar-refractivity contribution in [1.82, 2.24) is 0 Å². The number of amidine groups is 1. The Bertz CT molecular complexity index is 2300. The molecule has 5 heteroatoms. The third-order valence-electron chi connectivity index (χ3n) is 12.8. The third kappa shape index (κ3) is 13.6. The van der Waals surface area contributed by atoms with E-state index in [4.69, 9.17) is 15.0 Å². The van der Waals surface area contributed by atoms with Crippen LogP contribution in [0, 0.1) is 10.8 Å². The van der Waals surface area contributed by atoms with E-state index in [1.54, 1.807) is 0 Å². The summed E-state index contributed by atoms with van der Waals surface area (Å²) < 4.78 is 2.35. The summed E-state index contributed by atoms with van der Waals surface area (Å²) in [5, 5.41) is 4.18. The molecule has 0 spiro atoms. The molecule has 0 aromatic heterocycles. The van der Waals surface area contributed by atoms with Gasteiger partial charge in [0.15, 0.2) is 0 Å². The third-order valence-corrected chi connectivity index (χ3v) is 14.8. The van der Waals surface area contributed by atoms with Crippen molar-refractivity contribution < 1.29 is 0 Å². The van der Waals surface area contributed by atoms with E-state index in [1.807, 2.05) is 0 Å². The monoisotopic (exact) mass is 904 g/mol. The van der Waals surface area contributed by atoms with Crippen LogP contribution in [0.1, 0.15) is 244 Å². The topological polar surface area (TPSA) is 49.1 Å². The molecule has 0 radical (unpaired) electrons. The molecule has 354 valence electrons. The Morgan fingerprint density at radius 1 is 0.409 bits per heavy atom. The van der Waals surface area contributed by atoms with Gasteiger partial charge < -0.3 is 0 Å². The van der Waals surface area contributed by atoms with Crippen molar-refractivity contribution in [3.63, 3.8) is 0 Å². The summed E-state index contributed by atoms with van der Waals surface area (Å²) in [6.07, 6.45) is 2.46. The Morgan fingerprint density at radius 3 is 0.985 bits per heavy atom. The maximum atomic E-state index is 6.05. The number of hydrogen-bond donors (Lipinski definition) is 1. The van der Waals surface area contributed by atoms with Gasteiger partial charge in [-0.05, 0) is 0 Å². The second kappa shape index (κ2) is 22.8. The first-order valence-corrected chi connectivity index (χ1v) is 26.4. The van der Waals surface area contributed by atoms with Crippen molar-refractivity contribution in [2.45, 2.75) is 200 Å². The van der Waals surface area contributed by atoms with Gasteiger partial charge in [0, 0.05) is 0 Å². The molecule has 4 nitrogen and oxygen atoms in total. The molecule has 1 N–H and O–H groups in total. The first-order valence-electron chi connectivity index (χ1n) is 25.3. The summed E-state index contributed by atoms with van der Waals surface area (Å²) >= 11 is -0.612. The molecule has 0 unspecified atom stereocenters. The van der Waals surface area contributed by atoms with E-state index in [0.29, 0.717) is 23.7 Å². The average molecular weight is 904 g/mol. The first kappa shape index (κ1) is 54.6. The van der Waals surface area contributed by atoms with E-state index >= 15 is 0 Å². The molecule has 0 aliphatic heterocycles. The van der Waals surface area contributed by atoms with Crippen molar-refractivity contribution in [2.24, 2.45) is 25.8 Å². The molecule has 0 saturated carbocycles. The normalized spacial score (nSPS) is 13.8. The zero-order valence-corrected chi connectivity index (χ0v) is 46.7. The van der Waals surface area contributed by atoms with Gasteiger partial charge in [0.1, 0.15) is 0 Å². The number of benzene rings is 4. The number of rotatable bonds is 16. The van der Waals surface area contributed by atoms with Gasteiger partial charge in [0.25, 0.3) is 0 Å². The second-order valence-electron chi connectivity index (χ2n) is 23.2. The van der Waals surface area contributed by atoms with Crippen LogP contribution < -0.4 is 5.32 Å². The number of nitrogens with zero attached hydrogens (tertiary/aromatic N) is 3. The first-order chi connectivity index (χ1) is 30.6. The number of hydrogen-bond acceptors (Lipinski definition) is 3. The van der Waals surface area contributed by atoms with Crippen LogP contribution in [0.5, 0.6) is 0 Å². The minimum atomic E-state index is -0.612. The van der Waals surface area contributed by atoms with Crippen molar-refractivity contribution in [2.75, 3.05) is 5.32 Å². The van der Waals surface area contributed by atoms with Gasteiger partial charge >= 0.3 is 413 Å². The Balaban J connectivity index is 2.32. The van der Waals surface area contributed by atoms with Gasteiger partial charge in [-0.25, -0.2) is 0 Å². The summed E-state index contributed by atoms with van der Waals surface area (Å²) in [6.45, 7) is 50.8. The summed E-state index contributed by atoms with van der Waals surface area (Å²) in [5.41, 5.74) is 15.2. The molecule has 0 atom stereocenters. The van der Waals surface area contributed by atoms with Crippen molar-refractivity contribution in [3.8, 4) is 0 Å². The van der Waals surface area contributed by atoms with E-state index in [9.17, 15) is 0 Å². The minimum absolute atomic E-state index is 0.206. The van der Waals surface area contributed by atoms with Gasteiger partial charge in [-0.3, -0.25) is 0 Å². The van der Waals surface area contributed by atoms with E-state index < -0.39 is 15.2 Å². The standard InChI is InChI=1S/C38H52N3.C23H36N.Al/c1-23(2)29-16-13-17-30(24(3)4)36(29)39-22-35(40-37-31(25(5)6)18-14-19-32(37)26(7)8)41-38-33(27(9)10)20-15-21-34(38)28(11)12;1-16(2)18-12-11-13-19(17(3)4)21(18)24-20(23(8,9)10)14-15-22(5,6)7;/h13-21,23-28H,1-12H3,(H,40,41);11-14,16-17H,1-10H3;/q;;+1. The van der Waals surface area contributed by atoms with Gasteiger partial charge in [0.05, 0.1) is 0 Å². The quantitative estimate of drug-likeness (QED) is 0.0680. The predicted octanol–water partition coefficient (Wildman–Crippen LogP) is 19.0. The number of anilines is 1. The molecule has 0 heterocycles. The Morgan fingerprint density at radius 2 is 0.697 bits per heavy atom. The van der Waals surface area contributed by atoms with E-state index in [0.717, 1.165) is 38.9 Å². The summed E-state index contributed by atoms with van der Waals surface area (Å²) in [4.78, 5) is 17.8. The molecule has 0 amide bonds. The van der Waals surface area contributed by atoms with Gasteiger partial charge in [-0.2, -0.15) is 0 Å². The number of aliphatic imine (C=N–C) groups is 3. The van der Waals surface area contributed by atoms with E-state index in [1.165, 1.54) is 48.9 Å². The number of allylic oxidation sites excluding steroid dienone is 2. The summed E-state index contributed by atoms with van der Waals surface area (Å²) in [7, 11) is 0. The van der Waals surface area contributed by atoms with Crippen LogP contribution in [0.3, 0.4) is 0 Å². The molecule has 66 heavy (non-hydrogen) atoms. The van der Waals surface area contributed by atoms with Crippen LogP contribution in [0.25, 0.3) is 0 Å². The fourth-order valence-electron chi connectivity index (χ4n) is 8.58. The van der Waals surface area contributed by atoms with Crippen LogP contribution >= 0.6 is 0 Å². The van der Waals surface area contributed by atoms with Crippen LogP contribution in [0.4, 0.5) is 22.7 Å². The maximum absolute atomic E-state index is 6.05. The molecule has 0 bridgehead atoms. The molecule has 4 rings (SSSR count). The van der Waals surface area contributed by atoms with Gasteiger partial charge in [0.2, 0.25) is 0 Å². The van der Waals surface area contributed by atoms with Gasteiger partial charge in [-0.1, -0.05) is 0 Å². The van der Waals surface area contributed by atoms with Crippen molar-refractivity contribution in [3.05, 3.63) is 128 Å². The molecule has 0 aliphatic rings. The molecule has 0 aliphatic carbocycles. The van der Waals surface area contributed by atoms with E-state index in [2.05, 4.69) is 237 Å². The molecule has 4 aromatic rings. The fraction of sp³-hybridized carbons (Fsp3) is 0.525. The second-order valence-corrected chi connectivity index (χ2v) is 24.7. The van der Waals surface area contributed by atoms with E-state index in [-0.39, 0.29) is 34.5 Å². The van der Waals surface area contributed by atoms with Crippen LogP contribution in [0.2, 0.25) is 0 Å². The summed E-state index contributed by atoms with van der Waals surface area (Å²) in [5.74, 6) is 3.22. The van der Waals surface area contributed by atoms with Crippen LogP contribution in [-0.2, 0) is 0 Å². The predicted molar refractivity (Wildman–Crippen MR) is 296 cm³/mol. The fourth-order valence-corrected chi connectivity index (χ4v) is 10.0. The number of para-hydroxylation sites is 4. The summed E-state index contributed by atoms with van der Waals surface area (Å²) in [6, 6.07) is 27.1. The Kier molecular flexibility index (Phi) is 18.9. The molecule has 4 aromatic carbocycles. The Hall–Kier alpha value is -4.04. The zero-order chi connectivity index (χ0) is 49.6. The average Bonchev–Trinajstić information content (AvgIpc) is 3.21. The molecular weight excluding hydrogens is 816 g/mol. The molecule has 0 fully saturated rings. The SMILES string of the molecule is CC(C)c1cccc(C(C)C)c1N=C(Nc1c(C(C)C)cccc1C(C)C)[C](=Nc1c(C(C)C)cccc1C(C)C)[Al+]/[C](=C\C(=Nc1c(C(C)C)cccc1C(C)C)C(C)(C)C)C(C)(C)C.